The van der Waals surface area contributed by atoms with Crippen LogP contribution in [0, 0.1) is 18.3 Å². The highest BCUT2D eigenvalue weighted by Gasteiger charge is 2.13. The molecule has 0 fully saturated rings. The molecule has 1 heterocycles. The molecule has 7 heteroatoms. The second-order valence-corrected chi connectivity index (χ2v) is 6.65. The zero-order valence-corrected chi connectivity index (χ0v) is 16.4. The molecule has 0 bridgehead atoms. The predicted octanol–water partition coefficient (Wildman–Crippen LogP) is 4.44. The van der Waals surface area contributed by atoms with Crippen molar-refractivity contribution in [2.24, 2.45) is 0 Å². The SMILES string of the molecule is Cc1cc(C(=O)Nc2cccc(C#N)c2)nc(Nc2ccccc2OC(C)C)n1. The fraction of sp³-hybridized carbons (Fsp3) is 0.182. The van der Waals surface area contributed by atoms with E-state index in [1.165, 1.54) is 0 Å². The first-order valence-electron chi connectivity index (χ1n) is 9.14. The summed E-state index contributed by atoms with van der Waals surface area (Å²) in [4.78, 5) is 21.3. The molecule has 2 aromatic carbocycles. The first-order valence-corrected chi connectivity index (χ1v) is 9.14. The highest BCUT2D eigenvalue weighted by Crippen LogP contribution is 2.27. The van der Waals surface area contributed by atoms with Crippen molar-refractivity contribution in [3.8, 4) is 11.8 Å². The third kappa shape index (κ3) is 5.30. The average Bonchev–Trinajstić information content (AvgIpc) is 2.69. The number of nitrogens with one attached hydrogen (secondary N) is 2. The van der Waals surface area contributed by atoms with Gasteiger partial charge in [-0.15, -0.1) is 0 Å². The molecule has 0 spiro atoms. The minimum Gasteiger partial charge on any atom is -0.489 e. The summed E-state index contributed by atoms with van der Waals surface area (Å²) in [5.41, 5.74) is 2.55. The Kier molecular flexibility index (Phi) is 6.05. The summed E-state index contributed by atoms with van der Waals surface area (Å²) in [5.74, 6) is 0.577. The van der Waals surface area contributed by atoms with Crippen molar-refractivity contribution in [3.05, 3.63) is 71.5 Å². The van der Waals surface area contributed by atoms with E-state index in [-0.39, 0.29) is 17.7 Å². The molecule has 0 unspecified atom stereocenters. The summed E-state index contributed by atoms with van der Waals surface area (Å²) in [6.07, 6.45) is 0.0156. The van der Waals surface area contributed by atoms with Crippen LogP contribution in [0.4, 0.5) is 17.3 Å². The molecule has 0 saturated carbocycles. The molecular weight excluding hydrogens is 366 g/mol. The number of rotatable bonds is 6. The first-order chi connectivity index (χ1) is 13.9. The molecule has 146 valence electrons. The Balaban J connectivity index is 1.83. The van der Waals surface area contributed by atoms with Crippen LogP contribution in [0.15, 0.2) is 54.6 Å². The molecule has 0 aliphatic heterocycles. The number of carbonyl (C=O) groups excluding carboxylic acids is 1. The van der Waals surface area contributed by atoms with Crippen LogP contribution in [0.25, 0.3) is 0 Å². The number of para-hydroxylation sites is 2. The molecule has 0 aliphatic rings. The molecule has 1 amide bonds. The van der Waals surface area contributed by atoms with Crippen molar-refractivity contribution >= 4 is 23.2 Å². The summed E-state index contributed by atoms with van der Waals surface area (Å²) in [5, 5.41) is 14.9. The number of aromatic nitrogens is 2. The fourth-order valence-electron chi connectivity index (χ4n) is 2.65. The van der Waals surface area contributed by atoms with Crippen molar-refractivity contribution in [3.63, 3.8) is 0 Å². The lowest BCUT2D eigenvalue weighted by atomic mass is 10.2. The summed E-state index contributed by atoms with van der Waals surface area (Å²) < 4.78 is 5.80. The van der Waals surface area contributed by atoms with Crippen molar-refractivity contribution in [1.29, 1.82) is 5.26 Å². The van der Waals surface area contributed by atoms with Crippen molar-refractivity contribution in [2.75, 3.05) is 10.6 Å². The Labute approximate surface area is 169 Å². The van der Waals surface area contributed by atoms with Gasteiger partial charge in [-0.05, 0) is 57.2 Å². The van der Waals surface area contributed by atoms with E-state index in [2.05, 4.69) is 20.6 Å². The fourth-order valence-corrected chi connectivity index (χ4v) is 2.65. The van der Waals surface area contributed by atoms with Crippen LogP contribution in [0.2, 0.25) is 0 Å². The van der Waals surface area contributed by atoms with Gasteiger partial charge in [-0.25, -0.2) is 9.97 Å². The smallest absolute Gasteiger partial charge is 0.274 e. The minimum atomic E-state index is -0.389. The Morgan fingerprint density at radius 1 is 1.10 bits per heavy atom. The van der Waals surface area contributed by atoms with Gasteiger partial charge < -0.3 is 15.4 Å². The summed E-state index contributed by atoms with van der Waals surface area (Å²) >= 11 is 0. The molecule has 0 saturated heterocycles. The van der Waals surface area contributed by atoms with E-state index < -0.39 is 0 Å². The molecule has 3 rings (SSSR count). The Morgan fingerprint density at radius 2 is 1.90 bits per heavy atom. The number of hydrogen-bond donors (Lipinski definition) is 2. The molecule has 1 aromatic heterocycles. The predicted molar refractivity (Wildman–Crippen MR) is 111 cm³/mol. The Bertz CT molecular complexity index is 1070. The van der Waals surface area contributed by atoms with E-state index in [0.717, 1.165) is 0 Å². The number of nitrogens with zero attached hydrogens (tertiary/aromatic N) is 3. The number of anilines is 3. The molecule has 2 N–H and O–H groups in total. The molecular formula is C22H21N5O2. The minimum absolute atomic E-state index is 0.0156. The summed E-state index contributed by atoms with van der Waals surface area (Å²) in [6, 6.07) is 17.8. The number of ether oxygens (including phenoxy) is 1. The first kappa shape index (κ1) is 19.8. The van der Waals surface area contributed by atoms with Gasteiger partial charge in [-0.1, -0.05) is 18.2 Å². The molecule has 0 aliphatic carbocycles. The number of hydrogen-bond acceptors (Lipinski definition) is 6. The van der Waals surface area contributed by atoms with Gasteiger partial charge in [0.05, 0.1) is 23.4 Å². The van der Waals surface area contributed by atoms with Gasteiger partial charge in [0.1, 0.15) is 11.4 Å². The van der Waals surface area contributed by atoms with Crippen molar-refractivity contribution < 1.29 is 9.53 Å². The Hall–Kier alpha value is -3.92. The van der Waals surface area contributed by atoms with Crippen LogP contribution in [0.1, 0.15) is 35.6 Å². The van der Waals surface area contributed by atoms with Crippen LogP contribution in [0.5, 0.6) is 5.75 Å². The topological polar surface area (TPSA) is 99.9 Å². The maximum absolute atomic E-state index is 12.6. The number of nitriles is 1. The van der Waals surface area contributed by atoms with Crippen molar-refractivity contribution in [1.82, 2.24) is 9.97 Å². The highest BCUT2D eigenvalue weighted by atomic mass is 16.5. The van der Waals surface area contributed by atoms with E-state index in [1.54, 1.807) is 37.3 Å². The molecule has 0 radical (unpaired) electrons. The molecule has 3 aromatic rings. The monoisotopic (exact) mass is 387 g/mol. The normalized spacial score (nSPS) is 10.3. The number of amides is 1. The van der Waals surface area contributed by atoms with Crippen LogP contribution < -0.4 is 15.4 Å². The molecule has 29 heavy (non-hydrogen) atoms. The van der Waals surface area contributed by atoms with Crippen LogP contribution in [0.3, 0.4) is 0 Å². The highest BCUT2D eigenvalue weighted by molar-refractivity contribution is 6.03. The van der Waals surface area contributed by atoms with E-state index in [4.69, 9.17) is 10.00 Å². The standard InChI is InChI=1S/C22H21N5O2/c1-14(2)29-20-10-5-4-9-18(20)26-22-24-15(3)11-19(27-22)21(28)25-17-8-6-7-16(12-17)13-23/h4-12,14H,1-3H3,(H,25,28)(H,24,26,27). The van der Waals surface area contributed by atoms with Gasteiger partial charge in [0.2, 0.25) is 5.95 Å². The van der Waals surface area contributed by atoms with E-state index in [1.807, 2.05) is 44.2 Å². The third-order valence-electron chi connectivity index (χ3n) is 3.83. The van der Waals surface area contributed by atoms with Crippen LogP contribution in [-0.2, 0) is 0 Å². The molecule has 7 nitrogen and oxygen atoms in total. The van der Waals surface area contributed by atoms with Gasteiger partial charge >= 0.3 is 0 Å². The lowest BCUT2D eigenvalue weighted by Gasteiger charge is -2.15. The van der Waals surface area contributed by atoms with Crippen LogP contribution in [-0.4, -0.2) is 22.0 Å². The van der Waals surface area contributed by atoms with Gasteiger partial charge in [-0.3, -0.25) is 4.79 Å². The number of aryl methyl sites for hydroxylation is 1. The Morgan fingerprint density at radius 3 is 2.66 bits per heavy atom. The van der Waals surface area contributed by atoms with Crippen LogP contribution >= 0.6 is 0 Å². The van der Waals surface area contributed by atoms with E-state index >= 15 is 0 Å². The molecule has 0 atom stereocenters. The van der Waals surface area contributed by atoms with E-state index in [9.17, 15) is 4.79 Å². The second kappa shape index (κ2) is 8.85. The van der Waals surface area contributed by atoms with Crippen molar-refractivity contribution in [2.45, 2.75) is 26.9 Å². The quantitative estimate of drug-likeness (QED) is 0.649. The number of benzene rings is 2. The van der Waals surface area contributed by atoms with E-state index in [0.29, 0.717) is 34.3 Å². The lowest BCUT2D eigenvalue weighted by Crippen LogP contribution is -2.16. The van der Waals surface area contributed by atoms with Gasteiger partial charge in [0, 0.05) is 11.4 Å². The summed E-state index contributed by atoms with van der Waals surface area (Å²) in [7, 11) is 0. The van der Waals surface area contributed by atoms with Gasteiger partial charge in [-0.2, -0.15) is 5.26 Å². The second-order valence-electron chi connectivity index (χ2n) is 6.65. The zero-order valence-electron chi connectivity index (χ0n) is 16.4. The lowest BCUT2D eigenvalue weighted by molar-refractivity contribution is 0.102. The summed E-state index contributed by atoms with van der Waals surface area (Å²) in [6.45, 7) is 5.68. The largest absolute Gasteiger partial charge is 0.489 e. The maximum Gasteiger partial charge on any atom is 0.274 e. The zero-order chi connectivity index (χ0) is 20.8. The van der Waals surface area contributed by atoms with Gasteiger partial charge in [0.15, 0.2) is 0 Å². The average molecular weight is 387 g/mol. The third-order valence-corrected chi connectivity index (χ3v) is 3.83. The maximum atomic E-state index is 12.6. The number of carbonyl (C=O) groups is 1. The van der Waals surface area contributed by atoms with Gasteiger partial charge in [0.25, 0.3) is 5.91 Å².